The number of fused-ring (bicyclic) bond motifs is 2. The van der Waals surface area contributed by atoms with Gasteiger partial charge in [-0.05, 0) is 39.5 Å². The molecule has 7 heteroatoms. The zero-order chi connectivity index (χ0) is 15.9. The highest BCUT2D eigenvalue weighted by atomic mass is 35.5. The average molecular weight is 343 g/mol. The smallest absolute Gasteiger partial charge is 0.260 e. The Bertz CT molecular complexity index is 563. The molecule has 1 N–H and O–H groups in total. The van der Waals surface area contributed by atoms with Gasteiger partial charge in [0.25, 0.3) is 5.91 Å². The van der Waals surface area contributed by atoms with E-state index in [1.807, 2.05) is 32.8 Å². The fourth-order valence-corrected chi connectivity index (χ4v) is 3.75. The molecule has 2 aliphatic heterocycles. The van der Waals surface area contributed by atoms with E-state index in [-0.39, 0.29) is 24.9 Å². The second kappa shape index (κ2) is 7.09. The molecule has 3 rings (SSSR count). The van der Waals surface area contributed by atoms with Crippen LogP contribution in [0.1, 0.15) is 37.1 Å². The van der Waals surface area contributed by atoms with E-state index in [4.69, 9.17) is 4.74 Å². The quantitative estimate of drug-likeness (QED) is 0.902. The van der Waals surface area contributed by atoms with Gasteiger partial charge in [-0.3, -0.25) is 9.48 Å². The van der Waals surface area contributed by atoms with Crippen molar-refractivity contribution in [3.05, 3.63) is 11.4 Å². The summed E-state index contributed by atoms with van der Waals surface area (Å²) in [4.78, 5) is 14.3. The third kappa shape index (κ3) is 3.63. The van der Waals surface area contributed by atoms with E-state index < -0.39 is 0 Å². The Morgan fingerprint density at radius 3 is 2.48 bits per heavy atom. The van der Waals surface area contributed by atoms with Gasteiger partial charge >= 0.3 is 0 Å². The van der Waals surface area contributed by atoms with Crippen molar-refractivity contribution in [3.63, 3.8) is 0 Å². The Morgan fingerprint density at radius 2 is 1.96 bits per heavy atom. The maximum atomic E-state index is 12.4. The Kier molecular flexibility index (Phi) is 5.57. The van der Waals surface area contributed by atoms with Crippen LogP contribution in [-0.4, -0.2) is 52.4 Å². The molecule has 0 aliphatic carbocycles. The summed E-state index contributed by atoms with van der Waals surface area (Å²) in [5.41, 5.74) is 1.78. The molecule has 0 aromatic carbocycles. The van der Waals surface area contributed by atoms with Crippen LogP contribution in [0, 0.1) is 13.8 Å². The maximum Gasteiger partial charge on any atom is 0.260 e. The van der Waals surface area contributed by atoms with Crippen LogP contribution in [0.5, 0.6) is 5.75 Å². The first-order valence-corrected chi connectivity index (χ1v) is 8.10. The van der Waals surface area contributed by atoms with Crippen LogP contribution in [0.2, 0.25) is 0 Å². The molecule has 2 fully saturated rings. The highest BCUT2D eigenvalue weighted by Gasteiger charge is 2.36. The predicted octanol–water partition coefficient (Wildman–Crippen LogP) is 1.58. The first-order chi connectivity index (χ1) is 10.5. The summed E-state index contributed by atoms with van der Waals surface area (Å²) in [5.74, 6) is 0.781. The van der Waals surface area contributed by atoms with Crippen molar-refractivity contribution in [1.29, 1.82) is 0 Å². The average Bonchev–Trinajstić information content (AvgIpc) is 2.95. The molecule has 0 saturated carbocycles. The number of likely N-dealkylation sites (N-methyl/N-ethyl adjacent to an activating group) is 1. The first kappa shape index (κ1) is 18.1. The Balaban J connectivity index is 0.00000192. The summed E-state index contributed by atoms with van der Waals surface area (Å²) in [6, 6.07) is 1.51. The molecule has 130 valence electrons. The zero-order valence-corrected chi connectivity index (χ0v) is 15.2. The molecular weight excluding hydrogens is 316 g/mol. The van der Waals surface area contributed by atoms with Crippen LogP contribution < -0.4 is 10.1 Å². The summed E-state index contributed by atoms with van der Waals surface area (Å²) >= 11 is 0. The minimum absolute atomic E-state index is 0. The maximum absolute atomic E-state index is 12.4. The van der Waals surface area contributed by atoms with Crippen LogP contribution in [0.3, 0.4) is 0 Å². The normalized spacial score (nSPS) is 25.8. The van der Waals surface area contributed by atoms with E-state index in [9.17, 15) is 4.79 Å². The van der Waals surface area contributed by atoms with Gasteiger partial charge in [-0.15, -0.1) is 12.4 Å². The number of carbonyl (C=O) groups excluding carboxylic acids is 1. The number of aryl methyl sites for hydroxylation is 2. The number of hydrogen-bond acceptors (Lipinski definition) is 4. The van der Waals surface area contributed by atoms with E-state index >= 15 is 0 Å². The van der Waals surface area contributed by atoms with Crippen LogP contribution in [0.25, 0.3) is 0 Å². The topological polar surface area (TPSA) is 59.4 Å². The predicted molar refractivity (Wildman–Crippen MR) is 91.2 cm³/mol. The van der Waals surface area contributed by atoms with Gasteiger partial charge in [0, 0.05) is 32.2 Å². The van der Waals surface area contributed by atoms with Crippen LogP contribution >= 0.6 is 12.4 Å². The van der Waals surface area contributed by atoms with Crippen LogP contribution in [-0.2, 0) is 11.8 Å². The molecule has 2 bridgehead atoms. The Hall–Kier alpha value is -1.27. The standard InChI is InChI=1S/C16H26N4O2.ClH/c1-10-16(11(2)20(4)18-10)22-9-15(21)19(3)14-7-12-5-6-13(8-14)17-12;/h12-14,17H,5-9H2,1-4H3;1H. The van der Waals surface area contributed by atoms with Crippen LogP contribution in [0.15, 0.2) is 0 Å². The van der Waals surface area contributed by atoms with Gasteiger partial charge in [-0.25, -0.2) is 0 Å². The molecule has 1 aromatic rings. The second-order valence-electron chi connectivity index (χ2n) is 6.68. The highest BCUT2D eigenvalue weighted by molar-refractivity contribution is 5.85. The molecule has 1 aromatic heterocycles. The number of halogens is 1. The van der Waals surface area contributed by atoms with Gasteiger partial charge in [-0.2, -0.15) is 5.10 Å². The first-order valence-electron chi connectivity index (χ1n) is 8.10. The van der Waals surface area contributed by atoms with Crippen molar-refractivity contribution in [2.45, 2.75) is 57.7 Å². The number of nitrogens with zero attached hydrogens (tertiary/aromatic N) is 3. The summed E-state index contributed by atoms with van der Waals surface area (Å²) in [5, 5.41) is 7.92. The lowest BCUT2D eigenvalue weighted by Gasteiger charge is -2.35. The fourth-order valence-electron chi connectivity index (χ4n) is 3.75. The van der Waals surface area contributed by atoms with E-state index in [0.717, 1.165) is 30.0 Å². The fraction of sp³-hybridized carbons (Fsp3) is 0.750. The Morgan fingerprint density at radius 1 is 1.35 bits per heavy atom. The minimum Gasteiger partial charge on any atom is -0.480 e. The molecule has 3 heterocycles. The number of nitrogens with one attached hydrogen (secondary N) is 1. The molecular formula is C16H27ClN4O2. The number of ether oxygens (including phenoxy) is 1. The monoisotopic (exact) mass is 342 g/mol. The summed E-state index contributed by atoms with van der Waals surface area (Å²) in [6.45, 7) is 3.94. The van der Waals surface area contributed by atoms with Crippen molar-refractivity contribution in [3.8, 4) is 5.75 Å². The Labute approximate surface area is 144 Å². The number of piperidine rings is 1. The number of aromatic nitrogens is 2. The minimum atomic E-state index is 0. The van der Waals surface area contributed by atoms with Gasteiger partial charge in [0.1, 0.15) is 5.69 Å². The molecule has 2 atom stereocenters. The summed E-state index contributed by atoms with van der Waals surface area (Å²) in [7, 11) is 3.79. The van der Waals surface area contributed by atoms with Gasteiger partial charge in [0.05, 0.1) is 5.69 Å². The third-order valence-corrected chi connectivity index (χ3v) is 5.17. The SMILES string of the molecule is Cc1nn(C)c(C)c1OCC(=O)N(C)C1CC2CCC(C1)N2.Cl. The number of amides is 1. The summed E-state index contributed by atoms with van der Waals surface area (Å²) in [6.07, 6.45) is 4.61. The van der Waals surface area contributed by atoms with Crippen LogP contribution in [0.4, 0.5) is 0 Å². The lowest BCUT2D eigenvalue weighted by Crippen LogP contribution is -2.49. The lowest BCUT2D eigenvalue weighted by molar-refractivity contribution is -0.134. The highest BCUT2D eigenvalue weighted by Crippen LogP contribution is 2.29. The van der Waals surface area contributed by atoms with Gasteiger partial charge < -0.3 is 15.0 Å². The molecule has 6 nitrogen and oxygen atoms in total. The number of hydrogen-bond donors (Lipinski definition) is 1. The van der Waals surface area contributed by atoms with Crippen molar-refractivity contribution in [2.75, 3.05) is 13.7 Å². The molecule has 2 aliphatic rings. The van der Waals surface area contributed by atoms with E-state index in [0.29, 0.717) is 18.1 Å². The number of carbonyl (C=O) groups is 1. The molecule has 0 radical (unpaired) electrons. The summed E-state index contributed by atoms with van der Waals surface area (Å²) < 4.78 is 7.52. The second-order valence-corrected chi connectivity index (χ2v) is 6.68. The molecule has 0 spiro atoms. The van der Waals surface area contributed by atoms with Gasteiger partial charge in [0.2, 0.25) is 0 Å². The van der Waals surface area contributed by atoms with Gasteiger partial charge in [0.15, 0.2) is 12.4 Å². The van der Waals surface area contributed by atoms with E-state index in [1.165, 1.54) is 12.8 Å². The molecule has 23 heavy (non-hydrogen) atoms. The van der Waals surface area contributed by atoms with Crippen molar-refractivity contribution in [2.24, 2.45) is 7.05 Å². The van der Waals surface area contributed by atoms with E-state index in [2.05, 4.69) is 10.4 Å². The van der Waals surface area contributed by atoms with Crippen molar-refractivity contribution < 1.29 is 9.53 Å². The lowest BCUT2D eigenvalue weighted by atomic mass is 9.98. The largest absolute Gasteiger partial charge is 0.480 e. The zero-order valence-electron chi connectivity index (χ0n) is 14.3. The molecule has 2 unspecified atom stereocenters. The number of rotatable bonds is 4. The third-order valence-electron chi connectivity index (χ3n) is 5.17. The van der Waals surface area contributed by atoms with Gasteiger partial charge in [-0.1, -0.05) is 0 Å². The molecule has 2 saturated heterocycles. The van der Waals surface area contributed by atoms with E-state index in [1.54, 1.807) is 4.68 Å². The van der Waals surface area contributed by atoms with Crippen molar-refractivity contribution in [1.82, 2.24) is 20.0 Å². The van der Waals surface area contributed by atoms with Crippen molar-refractivity contribution >= 4 is 18.3 Å². The molecule has 1 amide bonds.